The smallest absolute Gasteiger partial charge is 0.335 e. The number of aryl methyl sites for hydroxylation is 2. The lowest BCUT2D eigenvalue weighted by Gasteiger charge is -2.08. The van der Waals surface area contributed by atoms with E-state index < -0.39 is 11.9 Å². The van der Waals surface area contributed by atoms with E-state index in [-0.39, 0.29) is 11.1 Å². The molecule has 0 atom stereocenters. The summed E-state index contributed by atoms with van der Waals surface area (Å²) < 4.78 is 0. The number of carbonyl (C=O) groups excluding carboxylic acids is 1. The molecular formula is C16H13NO4. The fourth-order valence-electron chi connectivity index (χ4n) is 2.20. The summed E-state index contributed by atoms with van der Waals surface area (Å²) in [6.07, 6.45) is 0. The maximum Gasteiger partial charge on any atom is 0.335 e. The van der Waals surface area contributed by atoms with Gasteiger partial charge in [-0.3, -0.25) is 4.79 Å². The molecular weight excluding hydrogens is 270 g/mol. The van der Waals surface area contributed by atoms with Gasteiger partial charge >= 0.3 is 11.9 Å². The third-order valence-corrected chi connectivity index (χ3v) is 3.06. The van der Waals surface area contributed by atoms with Gasteiger partial charge in [-0.05, 0) is 60.4 Å². The van der Waals surface area contributed by atoms with Crippen LogP contribution in [0.25, 0.3) is 11.1 Å². The molecule has 0 heterocycles. The summed E-state index contributed by atoms with van der Waals surface area (Å²) in [6.45, 7) is 3.59. The van der Waals surface area contributed by atoms with Crippen molar-refractivity contribution in [3.8, 4) is 11.1 Å². The highest BCUT2D eigenvalue weighted by Gasteiger charge is 2.11. The lowest BCUT2D eigenvalue weighted by Crippen LogP contribution is -1.99. The van der Waals surface area contributed by atoms with Crippen LogP contribution in [0.15, 0.2) is 41.6 Å². The van der Waals surface area contributed by atoms with E-state index >= 15 is 0 Å². The quantitative estimate of drug-likeness (QED) is 0.872. The minimum absolute atomic E-state index is 0.174. The Bertz CT molecular complexity index is 750. The number of aromatic carboxylic acids is 1. The third-order valence-electron chi connectivity index (χ3n) is 3.06. The molecule has 0 bridgehead atoms. The van der Waals surface area contributed by atoms with E-state index in [1.54, 1.807) is 26.0 Å². The summed E-state index contributed by atoms with van der Waals surface area (Å²) in [5, 5.41) is 11.5. The Morgan fingerprint density at radius 1 is 0.857 bits per heavy atom. The summed E-state index contributed by atoms with van der Waals surface area (Å²) in [5.74, 6) is -1.86. The van der Waals surface area contributed by atoms with Gasteiger partial charge in [-0.2, -0.15) is 0 Å². The summed E-state index contributed by atoms with van der Waals surface area (Å²) in [4.78, 5) is 32.9. The number of nitrogens with zero attached hydrogens (tertiary/aromatic N) is 1. The Hall–Kier alpha value is -2.82. The Labute approximate surface area is 121 Å². The number of nitroso groups, excluding NO2 is 1. The SMILES string of the molecule is Cc1cc(C(=O)O)cc(-c2cc(C)cc(C(=O)N=O)c2)c1. The molecule has 2 aromatic carbocycles. The minimum atomic E-state index is -1.02. The second-order valence-electron chi connectivity index (χ2n) is 4.88. The van der Waals surface area contributed by atoms with Gasteiger partial charge in [-0.15, -0.1) is 4.91 Å². The molecule has 5 heteroatoms. The first-order chi connectivity index (χ1) is 9.90. The monoisotopic (exact) mass is 283 g/mol. The number of carboxylic acids is 1. The van der Waals surface area contributed by atoms with E-state index in [1.165, 1.54) is 12.1 Å². The van der Waals surface area contributed by atoms with Crippen LogP contribution in [0.1, 0.15) is 31.8 Å². The zero-order valence-electron chi connectivity index (χ0n) is 11.6. The van der Waals surface area contributed by atoms with Gasteiger partial charge in [0, 0.05) is 10.7 Å². The average Bonchev–Trinajstić information content (AvgIpc) is 2.45. The predicted molar refractivity (Wildman–Crippen MR) is 78.4 cm³/mol. The molecule has 2 rings (SSSR count). The first-order valence-electron chi connectivity index (χ1n) is 6.25. The van der Waals surface area contributed by atoms with E-state index in [0.717, 1.165) is 11.1 Å². The molecule has 0 aliphatic heterocycles. The molecule has 0 spiro atoms. The van der Waals surface area contributed by atoms with Crippen molar-refractivity contribution >= 4 is 11.9 Å². The minimum Gasteiger partial charge on any atom is -0.478 e. The van der Waals surface area contributed by atoms with Crippen molar-refractivity contribution in [3.05, 3.63) is 63.6 Å². The van der Waals surface area contributed by atoms with Crippen molar-refractivity contribution in [2.24, 2.45) is 5.18 Å². The highest BCUT2D eigenvalue weighted by atomic mass is 16.4. The molecule has 0 fully saturated rings. The molecule has 0 aliphatic carbocycles. The second kappa shape index (κ2) is 5.66. The number of amides is 1. The number of hydrogen-bond acceptors (Lipinski definition) is 3. The van der Waals surface area contributed by atoms with Crippen LogP contribution in [0.5, 0.6) is 0 Å². The van der Waals surface area contributed by atoms with Gasteiger partial charge in [0.1, 0.15) is 0 Å². The highest BCUT2D eigenvalue weighted by molar-refractivity contribution is 5.96. The molecule has 21 heavy (non-hydrogen) atoms. The summed E-state index contributed by atoms with van der Waals surface area (Å²) in [7, 11) is 0. The Balaban J connectivity index is 2.61. The predicted octanol–water partition coefficient (Wildman–Crippen LogP) is 3.58. The van der Waals surface area contributed by atoms with Gasteiger partial charge in [0.2, 0.25) is 0 Å². The van der Waals surface area contributed by atoms with Gasteiger partial charge < -0.3 is 5.11 Å². The van der Waals surface area contributed by atoms with E-state index in [2.05, 4.69) is 5.18 Å². The van der Waals surface area contributed by atoms with Crippen molar-refractivity contribution < 1.29 is 14.7 Å². The second-order valence-corrected chi connectivity index (χ2v) is 4.88. The fraction of sp³-hybridized carbons (Fsp3) is 0.125. The molecule has 0 radical (unpaired) electrons. The first kappa shape index (κ1) is 14.6. The van der Waals surface area contributed by atoms with E-state index in [0.29, 0.717) is 11.1 Å². The molecule has 0 saturated carbocycles. The summed E-state index contributed by atoms with van der Waals surface area (Å²) >= 11 is 0. The summed E-state index contributed by atoms with van der Waals surface area (Å²) in [6, 6.07) is 9.86. The zero-order valence-corrected chi connectivity index (χ0v) is 11.6. The number of carboxylic acid groups (broad SMARTS) is 1. The number of benzene rings is 2. The van der Waals surface area contributed by atoms with Crippen LogP contribution in [0.2, 0.25) is 0 Å². The lowest BCUT2D eigenvalue weighted by atomic mass is 9.97. The van der Waals surface area contributed by atoms with Crippen molar-refractivity contribution in [1.82, 2.24) is 0 Å². The standard InChI is InChI=1S/C16H13NO4/c1-9-3-11(7-13(5-9)15(18)17-21)12-4-10(2)6-14(8-12)16(19)20/h3-8H,1-2H3,(H,19,20). The van der Waals surface area contributed by atoms with Crippen LogP contribution in [0.3, 0.4) is 0 Å². The highest BCUT2D eigenvalue weighted by Crippen LogP contribution is 2.25. The van der Waals surface area contributed by atoms with Crippen LogP contribution in [0, 0.1) is 18.8 Å². The lowest BCUT2D eigenvalue weighted by molar-refractivity contribution is 0.0696. The molecule has 106 valence electrons. The van der Waals surface area contributed by atoms with Crippen molar-refractivity contribution in [1.29, 1.82) is 0 Å². The van der Waals surface area contributed by atoms with E-state index in [9.17, 15) is 14.5 Å². The summed E-state index contributed by atoms with van der Waals surface area (Å²) in [5.41, 5.74) is 3.31. The number of carbonyl (C=O) groups is 2. The van der Waals surface area contributed by atoms with Crippen LogP contribution >= 0.6 is 0 Å². The van der Waals surface area contributed by atoms with Crippen LogP contribution < -0.4 is 0 Å². The van der Waals surface area contributed by atoms with Gasteiger partial charge in [0.15, 0.2) is 0 Å². The van der Waals surface area contributed by atoms with Crippen LogP contribution in [0.4, 0.5) is 0 Å². The number of rotatable bonds is 3. The first-order valence-corrected chi connectivity index (χ1v) is 6.25. The topological polar surface area (TPSA) is 83.8 Å². The molecule has 2 aromatic rings. The molecule has 0 saturated heterocycles. The maximum absolute atomic E-state index is 11.4. The van der Waals surface area contributed by atoms with E-state index in [4.69, 9.17) is 5.11 Å². The van der Waals surface area contributed by atoms with Gasteiger partial charge in [-0.25, -0.2) is 4.79 Å². The van der Waals surface area contributed by atoms with Crippen LogP contribution in [-0.4, -0.2) is 17.0 Å². The van der Waals surface area contributed by atoms with E-state index in [1.807, 2.05) is 12.1 Å². The normalized spacial score (nSPS) is 10.2. The van der Waals surface area contributed by atoms with Gasteiger partial charge in [0.05, 0.1) is 5.56 Å². The molecule has 5 nitrogen and oxygen atoms in total. The Kier molecular flexibility index (Phi) is 3.93. The molecule has 1 amide bonds. The van der Waals surface area contributed by atoms with Crippen LogP contribution in [-0.2, 0) is 0 Å². The Morgan fingerprint density at radius 3 is 1.81 bits per heavy atom. The molecule has 0 aromatic heterocycles. The third kappa shape index (κ3) is 3.20. The zero-order chi connectivity index (χ0) is 15.6. The van der Waals surface area contributed by atoms with Crippen molar-refractivity contribution in [2.45, 2.75) is 13.8 Å². The molecule has 1 N–H and O–H groups in total. The van der Waals surface area contributed by atoms with Gasteiger partial charge in [-0.1, -0.05) is 12.1 Å². The molecule has 0 unspecified atom stereocenters. The van der Waals surface area contributed by atoms with Crippen molar-refractivity contribution in [2.75, 3.05) is 0 Å². The number of hydrogen-bond donors (Lipinski definition) is 1. The average molecular weight is 283 g/mol. The van der Waals surface area contributed by atoms with Gasteiger partial charge in [0.25, 0.3) is 0 Å². The fourth-order valence-corrected chi connectivity index (χ4v) is 2.20. The Morgan fingerprint density at radius 2 is 1.33 bits per heavy atom. The maximum atomic E-state index is 11.4. The largest absolute Gasteiger partial charge is 0.478 e. The molecule has 0 aliphatic rings. The van der Waals surface area contributed by atoms with Crippen molar-refractivity contribution in [3.63, 3.8) is 0 Å².